The van der Waals surface area contributed by atoms with Gasteiger partial charge >= 0.3 is 0 Å². The van der Waals surface area contributed by atoms with Crippen molar-refractivity contribution in [2.45, 2.75) is 51.5 Å². The highest BCUT2D eigenvalue weighted by atomic mass is 16.5. The molecule has 2 amide bonds. The van der Waals surface area contributed by atoms with Crippen molar-refractivity contribution in [3.63, 3.8) is 0 Å². The molecule has 0 saturated carbocycles. The van der Waals surface area contributed by atoms with Crippen LogP contribution in [0, 0.1) is 0 Å². The van der Waals surface area contributed by atoms with Crippen LogP contribution < -0.4 is 5.48 Å². The number of carbonyl (C=O) groups is 2. The van der Waals surface area contributed by atoms with Crippen LogP contribution in [-0.4, -0.2) is 33.5 Å². The number of nitrogens with one attached hydrogen (secondary N) is 2. The van der Waals surface area contributed by atoms with Crippen LogP contribution in [-0.2, 0) is 22.6 Å². The molecule has 3 N–H and O–H groups in total. The van der Waals surface area contributed by atoms with E-state index in [1.165, 1.54) is 10.9 Å². The van der Waals surface area contributed by atoms with Gasteiger partial charge in [-0.05, 0) is 30.9 Å². The van der Waals surface area contributed by atoms with Gasteiger partial charge in [0.2, 0.25) is 11.8 Å². The van der Waals surface area contributed by atoms with Gasteiger partial charge in [-0.15, -0.1) is 0 Å². The Kier molecular flexibility index (Phi) is 5.71. The second-order valence-corrected chi connectivity index (χ2v) is 6.64. The Hall–Kier alpha value is -2.34. The lowest BCUT2D eigenvalue weighted by molar-refractivity contribution is -0.132. The number of hydroxylamine groups is 1. The third-order valence-electron chi connectivity index (χ3n) is 4.90. The summed E-state index contributed by atoms with van der Waals surface area (Å²) in [6, 6.07) is 8.30. The van der Waals surface area contributed by atoms with Crippen LogP contribution in [0.4, 0.5) is 0 Å². The van der Waals surface area contributed by atoms with Gasteiger partial charge in [0.1, 0.15) is 0 Å². The van der Waals surface area contributed by atoms with Crippen molar-refractivity contribution in [1.29, 1.82) is 0 Å². The zero-order chi connectivity index (χ0) is 17.6. The van der Waals surface area contributed by atoms with E-state index in [1.54, 1.807) is 5.48 Å². The fraction of sp³-hybridized carbons (Fsp3) is 0.474. The molecule has 0 aliphatic carbocycles. The third kappa shape index (κ3) is 4.20. The first-order chi connectivity index (χ1) is 12.2. The minimum absolute atomic E-state index is 0.206. The summed E-state index contributed by atoms with van der Waals surface area (Å²) in [5, 5.41) is 9.69. The second kappa shape index (κ2) is 8.16. The highest BCUT2D eigenvalue weighted by molar-refractivity contribution is 5.85. The number of aromatic nitrogens is 1. The molecule has 3 rings (SSSR count). The number of rotatable bonds is 7. The number of nitrogens with zero attached hydrogens (tertiary/aromatic N) is 1. The number of H-pyrrole nitrogens is 1. The summed E-state index contributed by atoms with van der Waals surface area (Å²) in [6.07, 6.45) is 5.20. The van der Waals surface area contributed by atoms with E-state index in [4.69, 9.17) is 5.21 Å². The maximum Gasteiger partial charge on any atom is 0.243 e. The molecule has 134 valence electrons. The summed E-state index contributed by atoms with van der Waals surface area (Å²) in [6.45, 7) is 1.45. The topological polar surface area (TPSA) is 85.4 Å². The van der Waals surface area contributed by atoms with Gasteiger partial charge in [0, 0.05) is 36.0 Å². The SMILES string of the molecule is O=C(CCCCCCC(=O)N1CCc2c([nH]c3ccccc23)C1)NO. The molecule has 1 aliphatic rings. The predicted molar refractivity (Wildman–Crippen MR) is 95.1 cm³/mol. The number of para-hydroxylation sites is 1. The van der Waals surface area contributed by atoms with Gasteiger partial charge < -0.3 is 9.88 Å². The number of amides is 2. The van der Waals surface area contributed by atoms with Crippen LogP contribution in [0.2, 0.25) is 0 Å². The molecule has 2 aromatic rings. The number of aromatic amines is 1. The van der Waals surface area contributed by atoms with E-state index in [-0.39, 0.29) is 11.8 Å². The Bertz CT molecular complexity index is 753. The van der Waals surface area contributed by atoms with E-state index in [1.807, 2.05) is 11.0 Å². The average molecular weight is 343 g/mol. The number of carbonyl (C=O) groups excluding carboxylic acids is 2. The van der Waals surface area contributed by atoms with Gasteiger partial charge in [0.15, 0.2) is 0 Å². The van der Waals surface area contributed by atoms with Gasteiger partial charge in [0.25, 0.3) is 0 Å². The van der Waals surface area contributed by atoms with Gasteiger partial charge in [-0.3, -0.25) is 14.8 Å². The first-order valence-corrected chi connectivity index (χ1v) is 8.98. The molecule has 0 bridgehead atoms. The Balaban J connectivity index is 1.44. The Morgan fingerprint density at radius 1 is 1.12 bits per heavy atom. The molecular formula is C19H25N3O3. The molecule has 6 heteroatoms. The first kappa shape index (κ1) is 17.5. The molecule has 0 fully saturated rings. The van der Waals surface area contributed by atoms with E-state index < -0.39 is 0 Å². The maximum atomic E-state index is 12.4. The van der Waals surface area contributed by atoms with Crippen molar-refractivity contribution in [2.75, 3.05) is 6.54 Å². The molecule has 0 unspecified atom stereocenters. The lowest BCUT2D eigenvalue weighted by Gasteiger charge is -2.27. The lowest BCUT2D eigenvalue weighted by Crippen LogP contribution is -2.35. The molecule has 6 nitrogen and oxygen atoms in total. The largest absolute Gasteiger partial charge is 0.357 e. The zero-order valence-electron chi connectivity index (χ0n) is 14.4. The number of unbranched alkanes of at least 4 members (excludes halogenated alkanes) is 3. The van der Waals surface area contributed by atoms with Gasteiger partial charge in [-0.2, -0.15) is 0 Å². The van der Waals surface area contributed by atoms with Crippen LogP contribution in [0.25, 0.3) is 10.9 Å². The van der Waals surface area contributed by atoms with Crippen molar-refractivity contribution in [3.05, 3.63) is 35.5 Å². The van der Waals surface area contributed by atoms with Gasteiger partial charge in [-0.1, -0.05) is 31.0 Å². The highest BCUT2D eigenvalue weighted by Gasteiger charge is 2.23. The minimum Gasteiger partial charge on any atom is -0.357 e. The maximum absolute atomic E-state index is 12.4. The Morgan fingerprint density at radius 2 is 1.88 bits per heavy atom. The smallest absolute Gasteiger partial charge is 0.243 e. The van der Waals surface area contributed by atoms with Crippen molar-refractivity contribution in [2.24, 2.45) is 0 Å². The van der Waals surface area contributed by atoms with E-state index in [2.05, 4.69) is 23.2 Å². The monoisotopic (exact) mass is 343 g/mol. The van der Waals surface area contributed by atoms with Crippen LogP contribution in [0.1, 0.15) is 49.8 Å². The van der Waals surface area contributed by atoms with Crippen LogP contribution >= 0.6 is 0 Å². The fourth-order valence-electron chi connectivity index (χ4n) is 3.54. The van der Waals surface area contributed by atoms with Crippen LogP contribution in [0.15, 0.2) is 24.3 Å². The number of hydrogen-bond acceptors (Lipinski definition) is 3. The van der Waals surface area contributed by atoms with Gasteiger partial charge in [0.05, 0.1) is 6.54 Å². The predicted octanol–water partition coefficient (Wildman–Crippen LogP) is 2.90. The molecule has 0 saturated heterocycles. The summed E-state index contributed by atoms with van der Waals surface area (Å²) in [4.78, 5) is 28.7. The Morgan fingerprint density at radius 3 is 2.68 bits per heavy atom. The molecule has 1 aromatic heterocycles. The average Bonchev–Trinajstić information content (AvgIpc) is 3.01. The van der Waals surface area contributed by atoms with E-state index in [9.17, 15) is 9.59 Å². The quantitative estimate of drug-likeness (QED) is 0.410. The molecule has 25 heavy (non-hydrogen) atoms. The Labute approximate surface area is 147 Å². The lowest BCUT2D eigenvalue weighted by atomic mass is 10.0. The summed E-state index contributed by atoms with van der Waals surface area (Å²) < 4.78 is 0. The standard InChI is InChI=1S/C19H25N3O3/c23-18(21-25)9-3-1-2-4-10-19(24)22-12-11-15-14-7-5-6-8-16(14)20-17(15)13-22/h5-8,20,25H,1-4,9-13H2,(H,21,23). The fourth-order valence-corrected chi connectivity index (χ4v) is 3.54. The normalized spacial score (nSPS) is 13.7. The van der Waals surface area contributed by atoms with Crippen molar-refractivity contribution in [3.8, 4) is 0 Å². The summed E-state index contributed by atoms with van der Waals surface area (Å²) in [7, 11) is 0. The summed E-state index contributed by atoms with van der Waals surface area (Å²) in [5.74, 6) is -0.143. The van der Waals surface area contributed by atoms with E-state index >= 15 is 0 Å². The molecule has 1 aromatic carbocycles. The molecule has 1 aliphatic heterocycles. The summed E-state index contributed by atoms with van der Waals surface area (Å²) >= 11 is 0. The van der Waals surface area contributed by atoms with Crippen molar-refractivity contribution in [1.82, 2.24) is 15.4 Å². The molecule has 0 spiro atoms. The van der Waals surface area contributed by atoms with Gasteiger partial charge in [-0.25, -0.2) is 5.48 Å². The van der Waals surface area contributed by atoms with Crippen LogP contribution in [0.5, 0.6) is 0 Å². The third-order valence-corrected chi connectivity index (χ3v) is 4.90. The van der Waals surface area contributed by atoms with Crippen molar-refractivity contribution >= 4 is 22.7 Å². The van der Waals surface area contributed by atoms with Crippen LogP contribution in [0.3, 0.4) is 0 Å². The second-order valence-electron chi connectivity index (χ2n) is 6.64. The molecule has 0 radical (unpaired) electrons. The van der Waals surface area contributed by atoms with Crippen molar-refractivity contribution < 1.29 is 14.8 Å². The van der Waals surface area contributed by atoms with E-state index in [0.29, 0.717) is 19.4 Å². The highest BCUT2D eigenvalue weighted by Crippen LogP contribution is 2.27. The van der Waals surface area contributed by atoms with E-state index in [0.717, 1.165) is 49.9 Å². The number of fused-ring (bicyclic) bond motifs is 3. The number of benzene rings is 1. The molecule has 2 heterocycles. The first-order valence-electron chi connectivity index (χ1n) is 8.98. The molecular weight excluding hydrogens is 318 g/mol. The minimum atomic E-state index is -0.349. The molecule has 0 atom stereocenters. The summed E-state index contributed by atoms with van der Waals surface area (Å²) in [5.41, 5.74) is 5.29. The zero-order valence-corrected chi connectivity index (χ0v) is 14.4. The number of hydrogen-bond donors (Lipinski definition) is 3.